The normalized spacial score (nSPS) is 14.5. The number of rotatable bonds is 7. The molecule has 1 amide bonds. The van der Waals surface area contributed by atoms with Crippen LogP contribution < -0.4 is 9.62 Å². The number of anilines is 1. The first kappa shape index (κ1) is 22.7. The molecule has 0 unspecified atom stereocenters. The molecule has 1 fully saturated rings. The Balaban J connectivity index is 1.51. The van der Waals surface area contributed by atoms with Crippen LogP contribution in [-0.4, -0.2) is 56.9 Å². The molecule has 1 heterocycles. The van der Waals surface area contributed by atoms with Crippen LogP contribution in [0.4, 0.5) is 11.4 Å². The summed E-state index contributed by atoms with van der Waals surface area (Å²) in [6, 6.07) is 11.5. The summed E-state index contributed by atoms with van der Waals surface area (Å²) in [5.41, 5.74) is 2.48. The summed E-state index contributed by atoms with van der Waals surface area (Å²) < 4.78 is 27.4. The standard InChI is InChI=1S/C21H26N4O5S/c1-16-7-8-18(15-17(16)2)31(29,30)22-10-9-21(26)24-13-11-23(12-14-24)19-5-3-4-6-20(19)25(27)28/h3-8,15,22H,9-14H2,1-2H3. The molecule has 1 saturated heterocycles. The molecule has 2 aromatic carbocycles. The third-order valence-corrected chi connectivity index (χ3v) is 6.93. The van der Waals surface area contributed by atoms with Gasteiger partial charge in [0.2, 0.25) is 15.9 Å². The molecule has 1 aliphatic rings. The molecule has 0 radical (unpaired) electrons. The van der Waals surface area contributed by atoms with Gasteiger partial charge in [-0.1, -0.05) is 18.2 Å². The smallest absolute Gasteiger partial charge is 0.292 e. The van der Waals surface area contributed by atoms with Crippen LogP contribution in [0, 0.1) is 24.0 Å². The average Bonchev–Trinajstić information content (AvgIpc) is 2.75. The fourth-order valence-electron chi connectivity index (χ4n) is 3.50. The Labute approximate surface area is 181 Å². The number of hydrogen-bond acceptors (Lipinski definition) is 6. The number of nitro groups is 1. The lowest BCUT2D eigenvalue weighted by atomic mass is 10.1. The van der Waals surface area contributed by atoms with Gasteiger partial charge in [-0.25, -0.2) is 13.1 Å². The van der Waals surface area contributed by atoms with Crippen LogP contribution >= 0.6 is 0 Å². The lowest BCUT2D eigenvalue weighted by Crippen LogP contribution is -2.49. The van der Waals surface area contributed by atoms with Gasteiger partial charge in [-0.15, -0.1) is 0 Å². The van der Waals surface area contributed by atoms with E-state index in [1.165, 1.54) is 6.07 Å². The molecule has 10 heteroatoms. The highest BCUT2D eigenvalue weighted by atomic mass is 32.2. The molecule has 1 N–H and O–H groups in total. The number of para-hydroxylation sites is 2. The second kappa shape index (κ2) is 9.44. The molecule has 166 valence electrons. The maximum absolute atomic E-state index is 12.5. The van der Waals surface area contributed by atoms with Crippen molar-refractivity contribution in [3.63, 3.8) is 0 Å². The van der Waals surface area contributed by atoms with Crippen LogP contribution in [-0.2, 0) is 14.8 Å². The maximum Gasteiger partial charge on any atom is 0.292 e. The lowest BCUT2D eigenvalue weighted by molar-refractivity contribution is -0.384. The summed E-state index contributed by atoms with van der Waals surface area (Å²) in [6.45, 7) is 5.58. The molecule has 0 bridgehead atoms. The highest BCUT2D eigenvalue weighted by molar-refractivity contribution is 7.89. The van der Waals surface area contributed by atoms with Crippen molar-refractivity contribution < 1.29 is 18.1 Å². The minimum absolute atomic E-state index is 0.0124. The van der Waals surface area contributed by atoms with E-state index >= 15 is 0 Å². The van der Waals surface area contributed by atoms with Gasteiger partial charge in [-0.05, 0) is 43.2 Å². The van der Waals surface area contributed by atoms with Crippen molar-refractivity contribution in [1.82, 2.24) is 9.62 Å². The number of sulfonamides is 1. The van der Waals surface area contributed by atoms with Gasteiger partial charge in [0, 0.05) is 45.2 Å². The van der Waals surface area contributed by atoms with Crippen molar-refractivity contribution in [3.8, 4) is 0 Å². The van der Waals surface area contributed by atoms with Crippen LogP contribution in [0.1, 0.15) is 17.5 Å². The van der Waals surface area contributed by atoms with E-state index in [-0.39, 0.29) is 29.5 Å². The number of amides is 1. The van der Waals surface area contributed by atoms with Gasteiger partial charge in [0.05, 0.1) is 9.82 Å². The Hall–Kier alpha value is -2.98. The Morgan fingerprint density at radius 2 is 1.74 bits per heavy atom. The number of benzene rings is 2. The van der Waals surface area contributed by atoms with E-state index in [2.05, 4.69) is 4.72 Å². The van der Waals surface area contributed by atoms with Crippen molar-refractivity contribution in [2.24, 2.45) is 0 Å². The van der Waals surface area contributed by atoms with Gasteiger partial charge in [-0.3, -0.25) is 14.9 Å². The lowest BCUT2D eigenvalue weighted by Gasteiger charge is -2.35. The molecule has 0 saturated carbocycles. The van der Waals surface area contributed by atoms with Crippen LogP contribution in [0.3, 0.4) is 0 Å². The second-order valence-corrected chi connectivity index (χ2v) is 9.27. The predicted molar refractivity (Wildman–Crippen MR) is 118 cm³/mol. The number of nitrogens with zero attached hydrogens (tertiary/aromatic N) is 3. The third-order valence-electron chi connectivity index (χ3n) is 5.47. The largest absolute Gasteiger partial charge is 0.362 e. The molecule has 9 nitrogen and oxygen atoms in total. The Morgan fingerprint density at radius 1 is 1.06 bits per heavy atom. The molecule has 0 spiro atoms. The molecular formula is C21H26N4O5S. The average molecular weight is 447 g/mol. The van der Waals surface area contributed by atoms with Gasteiger partial charge >= 0.3 is 0 Å². The minimum atomic E-state index is -3.68. The molecule has 0 atom stereocenters. The van der Waals surface area contributed by atoms with E-state index in [0.29, 0.717) is 31.9 Å². The van der Waals surface area contributed by atoms with Crippen molar-refractivity contribution in [2.75, 3.05) is 37.6 Å². The van der Waals surface area contributed by atoms with E-state index in [1.807, 2.05) is 18.7 Å². The molecular weight excluding hydrogens is 420 g/mol. The topological polar surface area (TPSA) is 113 Å². The summed E-state index contributed by atoms with van der Waals surface area (Å²) in [6.07, 6.45) is 0.0511. The minimum Gasteiger partial charge on any atom is -0.362 e. The van der Waals surface area contributed by atoms with Crippen molar-refractivity contribution in [2.45, 2.75) is 25.2 Å². The van der Waals surface area contributed by atoms with Gasteiger partial charge in [0.15, 0.2) is 0 Å². The van der Waals surface area contributed by atoms with Crippen LogP contribution in [0.15, 0.2) is 47.4 Å². The van der Waals surface area contributed by atoms with E-state index < -0.39 is 14.9 Å². The highest BCUT2D eigenvalue weighted by Gasteiger charge is 2.25. The van der Waals surface area contributed by atoms with Crippen LogP contribution in [0.5, 0.6) is 0 Å². The highest BCUT2D eigenvalue weighted by Crippen LogP contribution is 2.28. The summed E-state index contributed by atoms with van der Waals surface area (Å²) in [7, 11) is -3.68. The third kappa shape index (κ3) is 5.39. The Morgan fingerprint density at radius 3 is 2.39 bits per heavy atom. The molecule has 3 rings (SSSR count). The second-order valence-electron chi connectivity index (χ2n) is 7.51. The number of hydrogen-bond donors (Lipinski definition) is 1. The van der Waals surface area contributed by atoms with E-state index in [4.69, 9.17) is 0 Å². The van der Waals surface area contributed by atoms with E-state index in [9.17, 15) is 23.3 Å². The number of nitro benzene ring substituents is 1. The number of aryl methyl sites for hydroxylation is 2. The number of piperazine rings is 1. The quantitative estimate of drug-likeness (QED) is 0.515. The summed E-state index contributed by atoms with van der Waals surface area (Å²) in [5.74, 6) is -0.148. The van der Waals surface area contributed by atoms with Gasteiger partial charge in [0.1, 0.15) is 5.69 Å². The molecule has 31 heavy (non-hydrogen) atoms. The number of nitrogens with one attached hydrogen (secondary N) is 1. The predicted octanol–water partition coefficient (Wildman–Crippen LogP) is 2.23. The molecule has 0 aliphatic carbocycles. The zero-order valence-electron chi connectivity index (χ0n) is 17.6. The zero-order chi connectivity index (χ0) is 22.6. The van der Waals surface area contributed by atoms with Crippen molar-refractivity contribution in [1.29, 1.82) is 0 Å². The van der Waals surface area contributed by atoms with Gasteiger partial charge < -0.3 is 9.80 Å². The molecule has 0 aromatic heterocycles. The summed E-state index contributed by atoms with van der Waals surface area (Å²) in [5, 5.41) is 11.2. The van der Waals surface area contributed by atoms with Crippen LogP contribution in [0.2, 0.25) is 0 Å². The van der Waals surface area contributed by atoms with Crippen molar-refractivity contribution >= 4 is 27.3 Å². The summed E-state index contributed by atoms with van der Waals surface area (Å²) >= 11 is 0. The zero-order valence-corrected chi connectivity index (χ0v) is 18.4. The monoisotopic (exact) mass is 446 g/mol. The van der Waals surface area contributed by atoms with Crippen LogP contribution in [0.25, 0.3) is 0 Å². The fraction of sp³-hybridized carbons (Fsp3) is 0.381. The summed E-state index contributed by atoms with van der Waals surface area (Å²) in [4.78, 5) is 27.1. The van der Waals surface area contributed by atoms with Crippen molar-refractivity contribution in [3.05, 3.63) is 63.7 Å². The Kier molecular flexibility index (Phi) is 6.91. The Bertz CT molecular complexity index is 1080. The SMILES string of the molecule is Cc1ccc(S(=O)(=O)NCCC(=O)N2CCN(c3ccccc3[N+](=O)[O-])CC2)cc1C. The molecule has 2 aromatic rings. The number of carbonyl (C=O) groups excluding carboxylic acids is 1. The first-order chi connectivity index (χ1) is 14.7. The van der Waals surface area contributed by atoms with E-state index in [0.717, 1.165) is 11.1 Å². The first-order valence-electron chi connectivity index (χ1n) is 10.0. The van der Waals surface area contributed by atoms with E-state index in [1.54, 1.807) is 41.3 Å². The number of carbonyl (C=O) groups is 1. The maximum atomic E-state index is 12.5. The fourth-order valence-corrected chi connectivity index (χ4v) is 4.61. The van der Waals surface area contributed by atoms with Gasteiger partial charge in [0.25, 0.3) is 5.69 Å². The molecule has 1 aliphatic heterocycles. The van der Waals surface area contributed by atoms with Gasteiger partial charge in [-0.2, -0.15) is 0 Å². The first-order valence-corrected chi connectivity index (χ1v) is 11.5.